The summed E-state index contributed by atoms with van der Waals surface area (Å²) in [5.74, 6) is -0.623. The molecule has 12 heteroatoms. The lowest BCUT2D eigenvalue weighted by Crippen LogP contribution is -2.69. The number of aromatic hydroxyl groups is 1. The fourth-order valence-electron chi connectivity index (χ4n) is 11.0. The normalized spacial score (nSPS) is 25.8. The Morgan fingerprint density at radius 2 is 1.50 bits per heavy atom. The molecule has 6 heterocycles. The zero-order chi connectivity index (χ0) is 41.1. The summed E-state index contributed by atoms with van der Waals surface area (Å²) in [6, 6.07) is 27.0. The maximum atomic E-state index is 15.6. The lowest BCUT2D eigenvalue weighted by atomic mass is 9.69. The zero-order valence-electron chi connectivity index (χ0n) is 33.6. The molecule has 0 radical (unpaired) electrons. The van der Waals surface area contributed by atoms with E-state index in [4.69, 9.17) is 4.74 Å². The molecule has 11 rings (SSSR count). The second-order valence-corrected chi connectivity index (χ2v) is 17.6. The Labute approximate surface area is 349 Å². The van der Waals surface area contributed by atoms with Crippen LogP contribution in [0.5, 0.6) is 11.5 Å². The predicted molar refractivity (Wildman–Crippen MR) is 223 cm³/mol. The van der Waals surface area contributed by atoms with Crippen LogP contribution < -0.4 is 15.0 Å². The number of hydrogen-bond donors (Lipinski definition) is 2. The van der Waals surface area contributed by atoms with Gasteiger partial charge in [-0.2, -0.15) is 0 Å². The molecule has 6 aliphatic heterocycles. The number of piperidine rings is 3. The van der Waals surface area contributed by atoms with Crippen molar-refractivity contribution in [2.24, 2.45) is 5.92 Å². The van der Waals surface area contributed by atoms with Gasteiger partial charge < -0.3 is 14.7 Å². The molecule has 0 saturated carbocycles. The van der Waals surface area contributed by atoms with E-state index in [2.05, 4.69) is 80.7 Å². The van der Waals surface area contributed by atoms with Crippen LogP contribution in [0.15, 0.2) is 84.9 Å². The monoisotopic (exact) mass is 811 g/mol. The molecule has 1 aliphatic carbocycles. The molecular formula is C48H50FN5O6. The van der Waals surface area contributed by atoms with Crippen molar-refractivity contribution in [3.63, 3.8) is 0 Å². The van der Waals surface area contributed by atoms with Crippen molar-refractivity contribution in [2.75, 3.05) is 50.8 Å². The van der Waals surface area contributed by atoms with Gasteiger partial charge in [0.15, 0.2) is 0 Å². The van der Waals surface area contributed by atoms with Crippen LogP contribution in [0.1, 0.15) is 93.3 Å². The van der Waals surface area contributed by atoms with Crippen molar-refractivity contribution in [3.8, 4) is 11.5 Å². The SMILES string of the molecule is O=C1CCC(N2C(=O)c3cc(F)c(N4C5CC4CN(CC4CCN(CCOc6ccc([C@@H]7c8ccc(O)cc8CC[C@@H]7c7ccccc7)cc6)CC4)C5)cc3C2=O)C(=O)N1. The fourth-order valence-corrected chi connectivity index (χ4v) is 11.0. The third-order valence-corrected chi connectivity index (χ3v) is 14.0. The smallest absolute Gasteiger partial charge is 0.262 e. The number of anilines is 1. The fraction of sp³-hybridized carbons (Fsp3) is 0.417. The minimum absolute atomic E-state index is 0.0318. The van der Waals surface area contributed by atoms with Crippen LogP contribution >= 0.6 is 0 Å². The summed E-state index contributed by atoms with van der Waals surface area (Å²) >= 11 is 0. The highest BCUT2D eigenvalue weighted by Crippen LogP contribution is 2.47. The van der Waals surface area contributed by atoms with E-state index in [1.165, 1.54) is 28.3 Å². The number of likely N-dealkylation sites (tertiary alicyclic amines) is 1. The van der Waals surface area contributed by atoms with Crippen molar-refractivity contribution in [2.45, 2.75) is 74.9 Å². The number of halogens is 1. The highest BCUT2D eigenvalue weighted by molar-refractivity contribution is 6.23. The number of piperazine rings is 1. The first-order valence-corrected chi connectivity index (χ1v) is 21.6. The van der Waals surface area contributed by atoms with Gasteiger partial charge in [0.2, 0.25) is 11.8 Å². The molecule has 0 spiro atoms. The number of carbonyl (C=O) groups is 4. The van der Waals surface area contributed by atoms with Crippen molar-refractivity contribution < 1.29 is 33.4 Å². The number of rotatable bonds is 10. The first-order valence-electron chi connectivity index (χ1n) is 21.6. The minimum atomic E-state index is -1.08. The summed E-state index contributed by atoms with van der Waals surface area (Å²) in [7, 11) is 0. The number of hydrogen-bond acceptors (Lipinski definition) is 9. The first kappa shape index (κ1) is 38.6. The number of nitrogens with one attached hydrogen (secondary N) is 1. The zero-order valence-corrected chi connectivity index (χ0v) is 33.6. The molecular weight excluding hydrogens is 762 g/mol. The van der Waals surface area contributed by atoms with Gasteiger partial charge in [-0.25, -0.2) is 4.39 Å². The average molecular weight is 812 g/mol. The molecule has 11 nitrogen and oxygen atoms in total. The Hall–Kier alpha value is -5.59. The van der Waals surface area contributed by atoms with Gasteiger partial charge in [-0.1, -0.05) is 48.5 Å². The topological polar surface area (TPSA) is 123 Å². The van der Waals surface area contributed by atoms with Crippen LogP contribution in [0.4, 0.5) is 10.1 Å². The van der Waals surface area contributed by atoms with Gasteiger partial charge in [0.1, 0.15) is 30.0 Å². The molecule has 5 saturated heterocycles. The van der Waals surface area contributed by atoms with Gasteiger partial charge in [0, 0.05) is 50.6 Å². The average Bonchev–Trinajstić information content (AvgIpc) is 3.48. The summed E-state index contributed by atoms with van der Waals surface area (Å²) < 4.78 is 21.9. The lowest BCUT2D eigenvalue weighted by molar-refractivity contribution is -0.136. The molecule has 4 aromatic rings. The first-order chi connectivity index (χ1) is 29.2. The Bertz CT molecular complexity index is 2320. The number of benzene rings is 4. The number of carbonyl (C=O) groups excluding carboxylic acids is 4. The quantitative estimate of drug-likeness (QED) is 0.190. The van der Waals surface area contributed by atoms with E-state index in [1.807, 2.05) is 12.1 Å². The van der Waals surface area contributed by atoms with E-state index in [9.17, 15) is 24.3 Å². The molecule has 310 valence electrons. The van der Waals surface area contributed by atoms with Crippen molar-refractivity contribution in [1.29, 1.82) is 0 Å². The molecule has 7 aliphatic rings. The van der Waals surface area contributed by atoms with Gasteiger partial charge in [-0.15, -0.1) is 0 Å². The molecule has 5 atom stereocenters. The van der Waals surface area contributed by atoms with E-state index >= 15 is 4.39 Å². The summed E-state index contributed by atoms with van der Waals surface area (Å²) in [6.45, 7) is 6.20. The molecule has 2 N–H and O–H groups in total. The van der Waals surface area contributed by atoms with E-state index in [0.29, 0.717) is 29.9 Å². The maximum absolute atomic E-state index is 15.6. The summed E-state index contributed by atoms with van der Waals surface area (Å²) in [6.07, 6.45) is 5.26. The Morgan fingerprint density at radius 1 is 0.767 bits per heavy atom. The number of fused-ring (bicyclic) bond motifs is 4. The van der Waals surface area contributed by atoms with E-state index < -0.39 is 35.5 Å². The third-order valence-electron chi connectivity index (χ3n) is 14.0. The Kier molecular flexibility index (Phi) is 10.2. The Morgan fingerprint density at radius 3 is 2.23 bits per heavy atom. The predicted octanol–water partition coefficient (Wildman–Crippen LogP) is 5.85. The van der Waals surface area contributed by atoms with Gasteiger partial charge in [0.05, 0.1) is 16.8 Å². The molecule has 4 aromatic carbocycles. The molecule has 0 aromatic heterocycles. The van der Waals surface area contributed by atoms with Crippen molar-refractivity contribution in [1.82, 2.24) is 20.0 Å². The highest BCUT2D eigenvalue weighted by atomic mass is 19.1. The number of phenolic OH excluding ortho intramolecular Hbond substituents is 1. The second kappa shape index (κ2) is 15.8. The van der Waals surface area contributed by atoms with Gasteiger partial charge in [0.25, 0.3) is 11.8 Å². The number of amides is 4. The summed E-state index contributed by atoms with van der Waals surface area (Å²) in [5, 5.41) is 12.4. The molecule has 5 fully saturated rings. The van der Waals surface area contributed by atoms with Gasteiger partial charge in [-0.05, 0) is 122 Å². The molecule has 2 bridgehead atoms. The maximum Gasteiger partial charge on any atom is 0.262 e. The largest absolute Gasteiger partial charge is 0.508 e. The number of nitrogens with zero attached hydrogens (tertiary/aromatic N) is 4. The van der Waals surface area contributed by atoms with Gasteiger partial charge in [-0.3, -0.25) is 39.2 Å². The summed E-state index contributed by atoms with van der Waals surface area (Å²) in [4.78, 5) is 58.7. The minimum Gasteiger partial charge on any atom is -0.508 e. The van der Waals surface area contributed by atoms with Crippen molar-refractivity contribution >= 4 is 29.3 Å². The number of ether oxygens (including phenoxy) is 1. The number of phenols is 1. The van der Waals surface area contributed by atoms with Crippen molar-refractivity contribution in [3.05, 3.63) is 124 Å². The third kappa shape index (κ3) is 7.13. The van der Waals surface area contributed by atoms with E-state index in [1.54, 1.807) is 0 Å². The highest BCUT2D eigenvalue weighted by Gasteiger charge is 2.49. The van der Waals surface area contributed by atoms with Crippen LogP contribution in [-0.2, 0) is 16.0 Å². The Balaban J connectivity index is 0.697. The van der Waals surface area contributed by atoms with Crippen LogP contribution in [0.2, 0.25) is 0 Å². The van der Waals surface area contributed by atoms with Crippen LogP contribution in [0, 0.1) is 11.7 Å². The van der Waals surface area contributed by atoms with Crippen LogP contribution in [0.25, 0.3) is 0 Å². The molecule has 4 amide bonds. The molecule has 60 heavy (non-hydrogen) atoms. The number of aryl methyl sites for hydroxylation is 1. The standard InChI is InChI=1S/C48H50FN5O6/c49-41-24-39-40(48(59)54(47(39)58)42-14-15-44(56)50-46(42)57)25-43(41)53-33-23-34(53)28-52(27-33)26-29-16-18-51(19-17-29)20-21-60-36-10-6-31(7-11-36)45-37(30-4-2-1-3-5-30)12-8-32-22-35(55)9-13-38(32)45/h1-7,9-11,13,22,24-25,29,33-34,37,42,45,55H,8,12,14-21,23,26-28H2,(H,50,56,57)/t33?,34?,37-,42?,45+/m1/s1. The van der Waals surface area contributed by atoms with Crippen LogP contribution in [0.3, 0.4) is 0 Å². The van der Waals surface area contributed by atoms with E-state index in [-0.39, 0.29) is 42.0 Å². The van der Waals surface area contributed by atoms with E-state index in [0.717, 1.165) is 88.1 Å². The van der Waals surface area contributed by atoms with Crippen LogP contribution in [-0.4, -0.2) is 107 Å². The summed E-state index contributed by atoms with van der Waals surface area (Å²) in [5.41, 5.74) is 5.52. The number of imide groups is 2. The second-order valence-electron chi connectivity index (χ2n) is 17.6. The lowest BCUT2D eigenvalue weighted by Gasteiger charge is -2.58. The van der Waals surface area contributed by atoms with Gasteiger partial charge >= 0.3 is 0 Å². The molecule has 3 unspecified atom stereocenters.